The zero-order valence-electron chi connectivity index (χ0n) is 4.82. The molecule has 1 aromatic rings. The molecule has 0 bridgehead atoms. The lowest BCUT2D eigenvalue weighted by Crippen LogP contribution is -1.74. The van der Waals surface area contributed by atoms with Gasteiger partial charge in [-0.2, -0.15) is 0 Å². The molecule has 1 aromatic heterocycles. The van der Waals surface area contributed by atoms with Gasteiger partial charge in [0, 0.05) is 0 Å². The maximum absolute atomic E-state index is 5.67. The largest absolute Gasteiger partial charge is 0.360 e. The fraction of sp³-hybridized carbons (Fsp3) is 0.400. The summed E-state index contributed by atoms with van der Waals surface area (Å²) in [5.41, 5.74) is 0.607. The van der Waals surface area contributed by atoms with Gasteiger partial charge in [-0.05, 0) is 6.92 Å². The van der Waals surface area contributed by atoms with Gasteiger partial charge in [0.05, 0.1) is 5.88 Å². The second-order valence-corrected chi connectivity index (χ2v) is 2.28. The summed E-state index contributed by atoms with van der Waals surface area (Å²) in [4.78, 5) is 0. The average Bonchev–Trinajstić information content (AvgIpc) is 2.15. The lowest BCUT2D eigenvalue weighted by molar-refractivity contribution is 0.392. The van der Waals surface area contributed by atoms with Gasteiger partial charge in [0.2, 0.25) is 0 Å². The van der Waals surface area contributed by atoms with Crippen molar-refractivity contribution in [2.45, 2.75) is 12.8 Å². The highest BCUT2D eigenvalue weighted by Crippen LogP contribution is 2.20. The van der Waals surface area contributed by atoms with Crippen LogP contribution in [0.15, 0.2) is 4.52 Å². The highest BCUT2D eigenvalue weighted by atomic mass is 35.5. The molecule has 0 amide bonds. The van der Waals surface area contributed by atoms with Gasteiger partial charge < -0.3 is 4.52 Å². The molecule has 0 radical (unpaired) electrons. The Morgan fingerprint density at radius 3 is 2.56 bits per heavy atom. The summed E-state index contributed by atoms with van der Waals surface area (Å²) in [6, 6.07) is 0. The van der Waals surface area contributed by atoms with E-state index in [1.165, 1.54) is 0 Å². The van der Waals surface area contributed by atoms with Crippen LogP contribution in [-0.4, -0.2) is 5.16 Å². The van der Waals surface area contributed by atoms with E-state index >= 15 is 0 Å². The molecule has 0 atom stereocenters. The molecule has 0 saturated carbocycles. The normalized spacial score (nSPS) is 10.1. The Morgan fingerprint density at radius 1 is 1.67 bits per heavy atom. The maximum Gasteiger partial charge on any atom is 0.152 e. The van der Waals surface area contributed by atoms with Crippen molar-refractivity contribution in [1.29, 1.82) is 0 Å². The molecule has 0 N–H and O–H groups in total. The topological polar surface area (TPSA) is 26.0 Å². The molecule has 2 nitrogen and oxygen atoms in total. The van der Waals surface area contributed by atoms with Crippen LogP contribution < -0.4 is 0 Å². The summed E-state index contributed by atoms with van der Waals surface area (Å²) in [5, 5.41) is 4.13. The van der Waals surface area contributed by atoms with Gasteiger partial charge in [-0.15, -0.1) is 11.6 Å². The number of aromatic nitrogens is 1. The summed E-state index contributed by atoms with van der Waals surface area (Å²) >= 11 is 11.1. The fourth-order valence-corrected chi connectivity index (χ4v) is 0.877. The molecule has 0 aromatic carbocycles. The molecular weight excluding hydrogens is 161 g/mol. The number of hydrogen-bond acceptors (Lipinski definition) is 2. The predicted octanol–water partition coefficient (Wildman–Crippen LogP) is 2.38. The number of rotatable bonds is 1. The van der Waals surface area contributed by atoms with Crippen molar-refractivity contribution in [3.63, 3.8) is 0 Å². The van der Waals surface area contributed by atoms with Gasteiger partial charge in [-0.3, -0.25) is 0 Å². The lowest BCUT2D eigenvalue weighted by atomic mass is 10.4. The summed E-state index contributed by atoms with van der Waals surface area (Å²) in [7, 11) is 0. The van der Waals surface area contributed by atoms with E-state index in [0.29, 0.717) is 22.4 Å². The third-order valence-corrected chi connectivity index (χ3v) is 1.72. The molecule has 50 valence electrons. The van der Waals surface area contributed by atoms with Gasteiger partial charge in [0.15, 0.2) is 5.76 Å². The summed E-state index contributed by atoms with van der Waals surface area (Å²) in [6.45, 7) is 1.74. The standard InChI is InChI=1S/C5H5Cl2NO/c1-3-5(7)4(2-6)8-9-3/h2H2,1H3. The monoisotopic (exact) mass is 165 g/mol. The number of alkyl halides is 1. The molecule has 0 aliphatic carbocycles. The van der Waals surface area contributed by atoms with Crippen molar-refractivity contribution in [2.24, 2.45) is 0 Å². The smallest absolute Gasteiger partial charge is 0.152 e. The Morgan fingerprint density at radius 2 is 2.33 bits per heavy atom. The van der Waals surface area contributed by atoms with Crippen LogP contribution in [0.4, 0.5) is 0 Å². The predicted molar refractivity (Wildman–Crippen MR) is 35.8 cm³/mol. The summed E-state index contributed by atoms with van der Waals surface area (Å²) in [5.74, 6) is 0.920. The minimum Gasteiger partial charge on any atom is -0.360 e. The average molecular weight is 166 g/mol. The first-order chi connectivity index (χ1) is 4.25. The number of nitrogens with zero attached hydrogens (tertiary/aromatic N) is 1. The van der Waals surface area contributed by atoms with E-state index in [1.807, 2.05) is 0 Å². The van der Waals surface area contributed by atoms with E-state index in [0.717, 1.165) is 0 Å². The van der Waals surface area contributed by atoms with Gasteiger partial charge in [-0.1, -0.05) is 16.8 Å². The summed E-state index contributed by atoms with van der Waals surface area (Å²) < 4.78 is 4.72. The second-order valence-electron chi connectivity index (χ2n) is 1.63. The van der Waals surface area contributed by atoms with Crippen molar-refractivity contribution in [3.8, 4) is 0 Å². The van der Waals surface area contributed by atoms with E-state index in [1.54, 1.807) is 6.92 Å². The highest BCUT2D eigenvalue weighted by molar-refractivity contribution is 6.32. The van der Waals surface area contributed by atoms with Crippen LogP contribution in [0.3, 0.4) is 0 Å². The SMILES string of the molecule is Cc1onc(CCl)c1Cl. The minimum absolute atomic E-state index is 0.302. The van der Waals surface area contributed by atoms with Crippen molar-refractivity contribution in [3.05, 3.63) is 16.5 Å². The molecule has 0 fully saturated rings. The molecule has 0 aliphatic rings. The Balaban J connectivity index is 3.04. The first-order valence-corrected chi connectivity index (χ1v) is 3.33. The third kappa shape index (κ3) is 1.19. The zero-order chi connectivity index (χ0) is 6.85. The van der Waals surface area contributed by atoms with Crippen LogP contribution in [0.1, 0.15) is 11.5 Å². The Labute approximate surface area is 62.7 Å². The van der Waals surface area contributed by atoms with Crippen LogP contribution in [0.2, 0.25) is 5.02 Å². The number of halogens is 2. The van der Waals surface area contributed by atoms with Crippen LogP contribution in [0.25, 0.3) is 0 Å². The molecular formula is C5H5Cl2NO. The third-order valence-electron chi connectivity index (χ3n) is 0.982. The summed E-state index contributed by atoms with van der Waals surface area (Å²) in [6.07, 6.45) is 0. The van der Waals surface area contributed by atoms with E-state index < -0.39 is 0 Å². The maximum atomic E-state index is 5.67. The number of aryl methyl sites for hydroxylation is 1. The van der Waals surface area contributed by atoms with Crippen molar-refractivity contribution in [2.75, 3.05) is 0 Å². The van der Waals surface area contributed by atoms with E-state index in [-0.39, 0.29) is 0 Å². The Hall–Kier alpha value is -0.210. The van der Waals surface area contributed by atoms with Crippen LogP contribution in [0, 0.1) is 6.92 Å². The fourth-order valence-electron chi connectivity index (χ4n) is 0.490. The second kappa shape index (κ2) is 2.58. The minimum atomic E-state index is 0.302. The van der Waals surface area contributed by atoms with E-state index in [9.17, 15) is 0 Å². The first-order valence-electron chi connectivity index (χ1n) is 2.42. The molecule has 1 rings (SSSR count). The molecule has 1 heterocycles. The van der Waals surface area contributed by atoms with Crippen molar-refractivity contribution < 1.29 is 4.52 Å². The van der Waals surface area contributed by atoms with Crippen molar-refractivity contribution in [1.82, 2.24) is 5.16 Å². The van der Waals surface area contributed by atoms with Crippen LogP contribution >= 0.6 is 23.2 Å². The zero-order valence-corrected chi connectivity index (χ0v) is 6.33. The van der Waals surface area contributed by atoms with Gasteiger partial charge >= 0.3 is 0 Å². The number of hydrogen-bond donors (Lipinski definition) is 0. The van der Waals surface area contributed by atoms with Crippen LogP contribution in [0.5, 0.6) is 0 Å². The molecule has 9 heavy (non-hydrogen) atoms. The quantitative estimate of drug-likeness (QED) is 0.598. The lowest BCUT2D eigenvalue weighted by Gasteiger charge is -1.81. The Bertz CT molecular complexity index is 209. The van der Waals surface area contributed by atoms with E-state index in [4.69, 9.17) is 27.7 Å². The van der Waals surface area contributed by atoms with E-state index in [2.05, 4.69) is 5.16 Å². The highest BCUT2D eigenvalue weighted by Gasteiger charge is 2.07. The van der Waals surface area contributed by atoms with Gasteiger partial charge in [-0.25, -0.2) is 0 Å². The van der Waals surface area contributed by atoms with Crippen LogP contribution in [-0.2, 0) is 5.88 Å². The Kier molecular flexibility index (Phi) is 1.98. The van der Waals surface area contributed by atoms with Gasteiger partial charge in [0.25, 0.3) is 0 Å². The first kappa shape index (κ1) is 6.90. The molecule has 0 aliphatic heterocycles. The molecule has 0 spiro atoms. The molecule has 4 heteroatoms. The van der Waals surface area contributed by atoms with Crippen molar-refractivity contribution >= 4 is 23.2 Å². The van der Waals surface area contributed by atoms with Gasteiger partial charge in [0.1, 0.15) is 10.7 Å². The molecule has 0 saturated heterocycles. The molecule has 0 unspecified atom stereocenters.